The molecule has 170 valence electrons. The van der Waals surface area contributed by atoms with Crippen LogP contribution in [0.4, 0.5) is 10.7 Å². The number of fused-ring (bicyclic) bond motifs is 1. The fourth-order valence-corrected chi connectivity index (χ4v) is 4.10. The number of piperazine rings is 1. The van der Waals surface area contributed by atoms with Crippen LogP contribution in [0.3, 0.4) is 0 Å². The van der Waals surface area contributed by atoms with Crippen LogP contribution < -0.4 is 9.64 Å². The maximum atomic E-state index is 12.6. The molecule has 3 aromatic rings. The molecule has 2 heterocycles. The van der Waals surface area contributed by atoms with Gasteiger partial charge in [0.2, 0.25) is 5.95 Å². The molecule has 2 aromatic carbocycles. The monoisotopic (exact) mass is 436 g/mol. The second-order valence-corrected chi connectivity index (χ2v) is 9.30. The van der Waals surface area contributed by atoms with E-state index in [-0.39, 0.29) is 12.1 Å². The van der Waals surface area contributed by atoms with Gasteiger partial charge < -0.3 is 23.8 Å². The zero-order valence-corrected chi connectivity index (χ0v) is 19.5. The number of para-hydroxylation sites is 2. The number of aromatic nitrogens is 2. The number of carbonyl (C=O) groups excluding carboxylic acids is 1. The van der Waals surface area contributed by atoms with E-state index >= 15 is 0 Å². The Morgan fingerprint density at radius 3 is 2.47 bits per heavy atom. The normalized spacial score (nSPS) is 17.0. The Morgan fingerprint density at radius 1 is 1.09 bits per heavy atom. The minimum Gasteiger partial charge on any atom is -0.497 e. The van der Waals surface area contributed by atoms with E-state index in [4.69, 9.17) is 14.5 Å². The lowest BCUT2D eigenvalue weighted by Gasteiger charge is -2.40. The third-order valence-corrected chi connectivity index (χ3v) is 5.67. The molecule has 0 spiro atoms. The fourth-order valence-electron chi connectivity index (χ4n) is 4.10. The lowest BCUT2D eigenvalue weighted by molar-refractivity contribution is 0.0158. The first-order valence-corrected chi connectivity index (χ1v) is 11.1. The van der Waals surface area contributed by atoms with Gasteiger partial charge in [-0.1, -0.05) is 24.3 Å². The van der Waals surface area contributed by atoms with Crippen LogP contribution in [0, 0.1) is 0 Å². The van der Waals surface area contributed by atoms with Crippen molar-refractivity contribution in [2.45, 2.75) is 45.9 Å². The summed E-state index contributed by atoms with van der Waals surface area (Å²) < 4.78 is 13.1. The molecule has 1 fully saturated rings. The molecule has 1 aromatic heterocycles. The molecule has 1 aliphatic rings. The average molecular weight is 437 g/mol. The fraction of sp³-hybridized carbons (Fsp3) is 0.440. The van der Waals surface area contributed by atoms with Crippen LogP contribution >= 0.6 is 0 Å². The summed E-state index contributed by atoms with van der Waals surface area (Å²) in [6, 6.07) is 16.4. The average Bonchev–Trinajstić information content (AvgIpc) is 3.11. The summed E-state index contributed by atoms with van der Waals surface area (Å²) in [5.41, 5.74) is 2.75. The third-order valence-electron chi connectivity index (χ3n) is 5.67. The van der Waals surface area contributed by atoms with Gasteiger partial charge >= 0.3 is 6.09 Å². The Kier molecular flexibility index (Phi) is 6.00. The number of carbonyl (C=O) groups is 1. The van der Waals surface area contributed by atoms with Crippen molar-refractivity contribution >= 4 is 23.1 Å². The number of nitrogens with zero attached hydrogens (tertiary/aromatic N) is 4. The first-order valence-electron chi connectivity index (χ1n) is 11.1. The van der Waals surface area contributed by atoms with Gasteiger partial charge in [-0.25, -0.2) is 9.78 Å². The third kappa shape index (κ3) is 4.66. The van der Waals surface area contributed by atoms with Gasteiger partial charge in [0, 0.05) is 25.7 Å². The lowest BCUT2D eigenvalue weighted by Crippen LogP contribution is -2.55. The van der Waals surface area contributed by atoms with Gasteiger partial charge in [0.05, 0.1) is 24.7 Å². The van der Waals surface area contributed by atoms with E-state index < -0.39 is 5.60 Å². The van der Waals surface area contributed by atoms with Crippen molar-refractivity contribution < 1.29 is 14.3 Å². The SMILES string of the molecule is COc1ccc(Cn2c(N3CCN(C(=O)OC(C)(C)C)C(C)C3)nc3ccccc32)cc1. The van der Waals surface area contributed by atoms with Crippen molar-refractivity contribution in [1.29, 1.82) is 0 Å². The molecule has 0 aliphatic carbocycles. The molecule has 7 heteroatoms. The largest absolute Gasteiger partial charge is 0.497 e. The summed E-state index contributed by atoms with van der Waals surface area (Å²) in [6.07, 6.45) is -0.253. The Labute approximate surface area is 189 Å². The zero-order chi connectivity index (χ0) is 22.9. The van der Waals surface area contributed by atoms with Crippen LogP contribution in [0.15, 0.2) is 48.5 Å². The standard InChI is InChI=1S/C25H32N4O3/c1-18-16-27(14-15-28(18)24(30)32-25(2,3)4)23-26-21-8-6-7-9-22(21)29(23)17-19-10-12-20(31-5)13-11-19/h6-13,18H,14-17H2,1-5H3. The summed E-state index contributed by atoms with van der Waals surface area (Å²) in [7, 11) is 1.68. The van der Waals surface area contributed by atoms with E-state index in [1.165, 1.54) is 5.56 Å². The van der Waals surface area contributed by atoms with Crippen LogP contribution in [0.1, 0.15) is 33.3 Å². The lowest BCUT2D eigenvalue weighted by atomic mass is 10.2. The van der Waals surface area contributed by atoms with Crippen molar-refractivity contribution in [3.05, 3.63) is 54.1 Å². The summed E-state index contributed by atoms with van der Waals surface area (Å²) in [5, 5.41) is 0. The Bertz CT molecular complexity index is 1080. The van der Waals surface area contributed by atoms with Crippen molar-refractivity contribution in [3.63, 3.8) is 0 Å². The van der Waals surface area contributed by atoms with Crippen molar-refractivity contribution in [1.82, 2.24) is 14.5 Å². The number of benzene rings is 2. The first-order chi connectivity index (χ1) is 15.2. The molecule has 1 aliphatic heterocycles. The molecular formula is C25H32N4O3. The molecule has 32 heavy (non-hydrogen) atoms. The van der Waals surface area contributed by atoms with Gasteiger partial charge in [-0.3, -0.25) is 0 Å². The van der Waals surface area contributed by atoms with Crippen LogP contribution in [0.2, 0.25) is 0 Å². The Hall–Kier alpha value is -3.22. The molecule has 1 unspecified atom stereocenters. The number of rotatable bonds is 4. The molecule has 0 saturated carbocycles. The van der Waals surface area contributed by atoms with E-state index in [2.05, 4.69) is 34.6 Å². The molecule has 7 nitrogen and oxygen atoms in total. The van der Waals surface area contributed by atoms with E-state index in [0.717, 1.165) is 22.7 Å². The van der Waals surface area contributed by atoms with Crippen molar-refractivity contribution in [3.8, 4) is 5.75 Å². The number of imidazole rings is 1. The maximum Gasteiger partial charge on any atom is 0.410 e. The van der Waals surface area contributed by atoms with E-state index in [9.17, 15) is 4.79 Å². The van der Waals surface area contributed by atoms with Crippen LogP contribution in [-0.2, 0) is 11.3 Å². The summed E-state index contributed by atoms with van der Waals surface area (Å²) >= 11 is 0. The highest BCUT2D eigenvalue weighted by molar-refractivity contribution is 5.79. The van der Waals surface area contributed by atoms with Crippen LogP contribution in [-0.4, -0.2) is 58.9 Å². The van der Waals surface area contributed by atoms with E-state index in [1.54, 1.807) is 7.11 Å². The van der Waals surface area contributed by atoms with Gasteiger partial charge in [0.25, 0.3) is 0 Å². The maximum absolute atomic E-state index is 12.6. The van der Waals surface area contributed by atoms with Gasteiger partial charge in [0.15, 0.2) is 0 Å². The minimum absolute atomic E-state index is 0.0212. The number of hydrogen-bond donors (Lipinski definition) is 0. The Balaban J connectivity index is 1.59. The number of anilines is 1. The highest BCUT2D eigenvalue weighted by atomic mass is 16.6. The summed E-state index contributed by atoms with van der Waals surface area (Å²) in [6.45, 7) is 10.5. The molecule has 0 bridgehead atoms. The Morgan fingerprint density at radius 2 is 1.81 bits per heavy atom. The van der Waals surface area contributed by atoms with Gasteiger partial charge in [-0.15, -0.1) is 0 Å². The predicted octanol–water partition coefficient (Wildman–Crippen LogP) is 4.54. The first kappa shape index (κ1) is 22.0. The molecule has 0 radical (unpaired) electrons. The highest BCUT2D eigenvalue weighted by Gasteiger charge is 2.32. The second-order valence-electron chi connectivity index (χ2n) is 9.30. The number of methoxy groups -OCH3 is 1. The zero-order valence-electron chi connectivity index (χ0n) is 19.5. The molecule has 1 atom stereocenters. The molecule has 0 N–H and O–H groups in total. The summed E-state index contributed by atoms with van der Waals surface area (Å²) in [5.74, 6) is 1.77. The van der Waals surface area contributed by atoms with E-state index in [1.807, 2.05) is 56.0 Å². The predicted molar refractivity (Wildman–Crippen MR) is 126 cm³/mol. The summed E-state index contributed by atoms with van der Waals surface area (Å²) in [4.78, 5) is 21.7. The van der Waals surface area contributed by atoms with Crippen molar-refractivity contribution in [2.75, 3.05) is 31.6 Å². The highest BCUT2D eigenvalue weighted by Crippen LogP contribution is 2.27. The van der Waals surface area contributed by atoms with Gasteiger partial charge in [-0.2, -0.15) is 0 Å². The second kappa shape index (κ2) is 8.73. The molecule has 4 rings (SSSR count). The van der Waals surface area contributed by atoms with Crippen molar-refractivity contribution in [2.24, 2.45) is 0 Å². The molecule has 1 amide bonds. The molecular weight excluding hydrogens is 404 g/mol. The number of ether oxygens (including phenoxy) is 2. The topological polar surface area (TPSA) is 59.8 Å². The van der Waals surface area contributed by atoms with Crippen LogP contribution in [0.25, 0.3) is 11.0 Å². The van der Waals surface area contributed by atoms with E-state index in [0.29, 0.717) is 26.2 Å². The van der Waals surface area contributed by atoms with Gasteiger partial charge in [0.1, 0.15) is 11.4 Å². The molecule has 1 saturated heterocycles. The number of amides is 1. The van der Waals surface area contributed by atoms with Crippen LogP contribution in [0.5, 0.6) is 5.75 Å². The minimum atomic E-state index is -0.500. The number of hydrogen-bond acceptors (Lipinski definition) is 5. The van der Waals surface area contributed by atoms with Gasteiger partial charge in [-0.05, 0) is 57.5 Å². The quantitative estimate of drug-likeness (QED) is 0.601. The smallest absolute Gasteiger partial charge is 0.410 e.